The fourth-order valence-corrected chi connectivity index (χ4v) is 4.80. The third kappa shape index (κ3) is 7.01. The summed E-state index contributed by atoms with van der Waals surface area (Å²) in [5, 5.41) is 15.9. The van der Waals surface area contributed by atoms with E-state index in [1.165, 1.54) is 12.1 Å². The number of benzene rings is 2. The number of hydrogen-bond donors (Lipinski definition) is 5. The van der Waals surface area contributed by atoms with E-state index in [-0.39, 0.29) is 17.3 Å². The van der Waals surface area contributed by atoms with Gasteiger partial charge in [-0.25, -0.2) is 13.4 Å². The van der Waals surface area contributed by atoms with Crippen molar-refractivity contribution < 1.29 is 28.0 Å². The monoisotopic (exact) mass is 502 g/mol. The molecule has 12 nitrogen and oxygen atoms in total. The molecule has 186 valence electrons. The lowest BCUT2D eigenvalue weighted by atomic mass is 10.0. The van der Waals surface area contributed by atoms with Crippen LogP contribution >= 0.6 is 0 Å². The van der Waals surface area contributed by atoms with Gasteiger partial charge in [0, 0.05) is 13.0 Å². The highest BCUT2D eigenvalue weighted by molar-refractivity contribution is 7.89. The van der Waals surface area contributed by atoms with E-state index >= 15 is 0 Å². The van der Waals surface area contributed by atoms with Gasteiger partial charge in [-0.1, -0.05) is 35.5 Å². The van der Waals surface area contributed by atoms with Crippen LogP contribution < -0.4 is 21.5 Å². The summed E-state index contributed by atoms with van der Waals surface area (Å²) < 4.78 is 27.3. The van der Waals surface area contributed by atoms with Crippen LogP contribution in [0, 0.1) is 6.92 Å². The van der Waals surface area contributed by atoms with E-state index in [4.69, 9.17) is 16.3 Å². The summed E-state index contributed by atoms with van der Waals surface area (Å²) in [6.07, 6.45) is -0.276. The Hall–Kier alpha value is -3.97. The molecular weight excluding hydrogens is 476 g/mol. The second kappa shape index (κ2) is 11.0. The Bertz CT molecular complexity index is 1260. The van der Waals surface area contributed by atoms with Gasteiger partial charge in [-0.05, 0) is 36.2 Å². The number of nitrogens with one attached hydrogen (secondary N) is 2. The second-order valence-corrected chi connectivity index (χ2v) is 9.52. The van der Waals surface area contributed by atoms with Crippen molar-refractivity contribution in [3.8, 4) is 0 Å². The SMILES string of the molecule is Cc1ccccc1S(=O)(=O)N[C@@H](CNC(=O)C[C@@H]1CC(c2ccc(N=C(N)N)cc2)=NO1)C(=O)O. The summed E-state index contributed by atoms with van der Waals surface area (Å²) in [5.74, 6) is -1.98. The van der Waals surface area contributed by atoms with E-state index in [1.807, 2.05) is 0 Å². The molecule has 0 bridgehead atoms. The number of amides is 1. The summed E-state index contributed by atoms with van der Waals surface area (Å²) in [7, 11) is -4.10. The number of aryl methyl sites for hydroxylation is 1. The van der Waals surface area contributed by atoms with Crippen molar-refractivity contribution in [3.05, 3.63) is 59.7 Å². The molecule has 0 radical (unpaired) electrons. The van der Waals surface area contributed by atoms with Crippen LogP contribution in [0.4, 0.5) is 5.69 Å². The van der Waals surface area contributed by atoms with Crippen molar-refractivity contribution in [1.29, 1.82) is 0 Å². The Morgan fingerprint density at radius 1 is 1.20 bits per heavy atom. The first-order chi connectivity index (χ1) is 16.5. The van der Waals surface area contributed by atoms with Crippen LogP contribution in [-0.2, 0) is 24.4 Å². The summed E-state index contributed by atoms with van der Waals surface area (Å²) in [6.45, 7) is 1.16. The molecule has 1 aliphatic rings. The Kier molecular flexibility index (Phi) is 8.04. The quantitative estimate of drug-likeness (QED) is 0.226. The number of rotatable bonds is 10. The lowest BCUT2D eigenvalue weighted by Gasteiger charge is -2.17. The number of carboxylic acid groups (broad SMARTS) is 1. The van der Waals surface area contributed by atoms with Gasteiger partial charge in [0.2, 0.25) is 15.9 Å². The Labute approximate surface area is 202 Å². The lowest BCUT2D eigenvalue weighted by molar-refractivity contribution is -0.138. The molecule has 1 amide bonds. The molecule has 2 aromatic rings. The second-order valence-electron chi connectivity index (χ2n) is 7.84. The molecule has 0 spiro atoms. The molecule has 0 saturated heterocycles. The molecule has 0 fully saturated rings. The highest BCUT2D eigenvalue weighted by atomic mass is 32.2. The predicted molar refractivity (Wildman–Crippen MR) is 128 cm³/mol. The number of carbonyl (C=O) groups excluding carboxylic acids is 1. The zero-order valence-electron chi connectivity index (χ0n) is 18.8. The summed E-state index contributed by atoms with van der Waals surface area (Å²) in [6, 6.07) is 11.6. The van der Waals surface area contributed by atoms with Crippen molar-refractivity contribution >= 4 is 39.3 Å². The fraction of sp³-hybridized carbons (Fsp3) is 0.273. The van der Waals surface area contributed by atoms with Crippen LogP contribution in [0.3, 0.4) is 0 Å². The van der Waals surface area contributed by atoms with Crippen LogP contribution in [0.1, 0.15) is 24.0 Å². The number of guanidine groups is 1. The number of sulfonamides is 1. The number of oxime groups is 1. The molecule has 1 heterocycles. The van der Waals surface area contributed by atoms with Gasteiger partial charge in [0.25, 0.3) is 0 Å². The van der Waals surface area contributed by atoms with Crippen LogP contribution in [0.5, 0.6) is 0 Å². The number of nitrogens with two attached hydrogens (primary N) is 2. The van der Waals surface area contributed by atoms with Crippen LogP contribution in [-0.4, -0.2) is 55.8 Å². The van der Waals surface area contributed by atoms with E-state index in [0.717, 1.165) is 5.56 Å². The summed E-state index contributed by atoms with van der Waals surface area (Å²) >= 11 is 0. The van der Waals surface area contributed by atoms with Crippen LogP contribution in [0.15, 0.2) is 63.6 Å². The maximum absolute atomic E-state index is 12.6. The van der Waals surface area contributed by atoms with E-state index in [2.05, 4.69) is 20.2 Å². The Morgan fingerprint density at radius 3 is 2.51 bits per heavy atom. The van der Waals surface area contributed by atoms with Gasteiger partial charge in [0.1, 0.15) is 12.1 Å². The van der Waals surface area contributed by atoms with Gasteiger partial charge >= 0.3 is 5.97 Å². The molecule has 0 saturated carbocycles. The number of carboxylic acids is 1. The fourth-order valence-electron chi connectivity index (χ4n) is 3.37. The maximum Gasteiger partial charge on any atom is 0.323 e. The molecule has 7 N–H and O–H groups in total. The normalized spacial score (nSPS) is 16.0. The average Bonchev–Trinajstić information content (AvgIpc) is 3.25. The number of nitrogens with zero attached hydrogens (tertiary/aromatic N) is 2. The van der Waals surface area contributed by atoms with Crippen LogP contribution in [0.25, 0.3) is 0 Å². The van der Waals surface area contributed by atoms with Crippen molar-refractivity contribution in [2.45, 2.75) is 36.8 Å². The zero-order chi connectivity index (χ0) is 25.6. The molecule has 35 heavy (non-hydrogen) atoms. The topological polar surface area (TPSA) is 199 Å². The number of aliphatic carboxylic acids is 1. The average molecular weight is 503 g/mol. The Morgan fingerprint density at radius 2 is 1.89 bits per heavy atom. The highest BCUT2D eigenvalue weighted by Gasteiger charge is 2.28. The molecule has 0 aliphatic carbocycles. The number of hydrogen-bond acceptors (Lipinski definition) is 7. The van der Waals surface area contributed by atoms with Crippen molar-refractivity contribution in [1.82, 2.24) is 10.0 Å². The van der Waals surface area contributed by atoms with E-state index in [9.17, 15) is 23.1 Å². The van der Waals surface area contributed by atoms with Gasteiger partial charge in [0.15, 0.2) is 5.96 Å². The molecule has 2 aromatic carbocycles. The van der Waals surface area contributed by atoms with E-state index < -0.39 is 40.6 Å². The minimum atomic E-state index is -4.10. The van der Waals surface area contributed by atoms with Gasteiger partial charge in [-0.15, -0.1) is 0 Å². The molecule has 3 rings (SSSR count). The summed E-state index contributed by atoms with van der Waals surface area (Å²) in [5.41, 5.74) is 13.2. The largest absolute Gasteiger partial charge is 0.480 e. The predicted octanol–water partition coefficient (Wildman–Crippen LogP) is 0.331. The third-order valence-electron chi connectivity index (χ3n) is 5.09. The molecule has 1 aliphatic heterocycles. The van der Waals surface area contributed by atoms with Crippen molar-refractivity contribution in [3.63, 3.8) is 0 Å². The minimum absolute atomic E-state index is 0.0343. The third-order valence-corrected chi connectivity index (χ3v) is 6.72. The van der Waals surface area contributed by atoms with E-state index in [0.29, 0.717) is 23.4 Å². The van der Waals surface area contributed by atoms with Crippen LogP contribution in [0.2, 0.25) is 0 Å². The molecule has 0 aromatic heterocycles. The van der Waals surface area contributed by atoms with Crippen molar-refractivity contribution in [2.75, 3.05) is 6.54 Å². The van der Waals surface area contributed by atoms with E-state index in [1.54, 1.807) is 43.3 Å². The first-order valence-electron chi connectivity index (χ1n) is 10.6. The highest BCUT2D eigenvalue weighted by Crippen LogP contribution is 2.21. The molecule has 2 atom stereocenters. The van der Waals surface area contributed by atoms with Gasteiger partial charge in [-0.2, -0.15) is 4.72 Å². The summed E-state index contributed by atoms with van der Waals surface area (Å²) in [4.78, 5) is 33.2. The number of aliphatic imine (C=N–C) groups is 1. The number of carbonyl (C=O) groups is 2. The zero-order valence-corrected chi connectivity index (χ0v) is 19.7. The minimum Gasteiger partial charge on any atom is -0.480 e. The van der Waals surface area contributed by atoms with Gasteiger partial charge in [0.05, 0.1) is 22.7 Å². The molecule has 0 unspecified atom stereocenters. The maximum atomic E-state index is 12.6. The standard InChI is InChI=1S/C22H26N6O6S/c1-13-4-2-3-5-19(13)35(32,33)28-18(21(30)31)12-25-20(29)11-16-10-17(27-34-16)14-6-8-15(9-7-14)26-22(23)24/h2-9,16,18,28H,10-12H2,1H3,(H,25,29)(H,30,31)(H4,23,24,26)/t16-,18-/m0/s1. The molecular formula is C22H26N6O6S. The first-order valence-corrected chi connectivity index (χ1v) is 12.0. The van der Waals surface area contributed by atoms with Gasteiger partial charge in [-0.3, -0.25) is 9.59 Å². The smallest absolute Gasteiger partial charge is 0.323 e. The first kappa shape index (κ1) is 25.6. The Balaban J connectivity index is 1.52. The van der Waals surface area contributed by atoms with Crippen molar-refractivity contribution in [2.24, 2.45) is 21.6 Å². The van der Waals surface area contributed by atoms with Gasteiger partial charge < -0.3 is 26.7 Å². The molecule has 13 heteroatoms. The lowest BCUT2D eigenvalue weighted by Crippen LogP contribution is -2.48.